The molecule has 138 valence electrons. The molecule has 1 atom stereocenters. The van der Waals surface area contributed by atoms with Crippen molar-refractivity contribution in [2.45, 2.75) is 6.04 Å². The number of hydrogen-bond donors (Lipinski definition) is 1. The molecule has 5 nitrogen and oxygen atoms in total. The predicted octanol–water partition coefficient (Wildman–Crippen LogP) is 3.85. The number of hydrogen-bond acceptors (Lipinski definition) is 4. The number of benzene rings is 2. The van der Waals surface area contributed by atoms with Crippen molar-refractivity contribution in [1.29, 1.82) is 0 Å². The average Bonchev–Trinajstić information content (AvgIpc) is 3.00. The zero-order valence-electron chi connectivity index (χ0n) is 14.6. The molecule has 1 aliphatic rings. The Kier molecular flexibility index (Phi) is 4.45. The Labute approximate surface area is 160 Å². The van der Waals surface area contributed by atoms with Gasteiger partial charge in [-0.3, -0.25) is 19.5 Å². The molecule has 1 N–H and O–H groups in total. The van der Waals surface area contributed by atoms with E-state index in [9.17, 15) is 19.1 Å². The molecular formula is C22H15FN2O3. The van der Waals surface area contributed by atoms with Gasteiger partial charge < -0.3 is 5.11 Å². The van der Waals surface area contributed by atoms with Crippen molar-refractivity contribution in [3.8, 4) is 0 Å². The number of aromatic nitrogens is 1. The van der Waals surface area contributed by atoms with Crippen molar-refractivity contribution in [3.05, 3.63) is 102 Å². The molecule has 2 aromatic carbocycles. The summed E-state index contributed by atoms with van der Waals surface area (Å²) in [6.07, 6.45) is 2.99. The van der Waals surface area contributed by atoms with Gasteiger partial charge in [0.15, 0.2) is 0 Å². The van der Waals surface area contributed by atoms with Gasteiger partial charge in [-0.15, -0.1) is 0 Å². The van der Waals surface area contributed by atoms with Crippen LogP contribution in [0.25, 0.3) is 5.76 Å². The molecule has 6 heteroatoms. The molecule has 0 aliphatic carbocycles. The Balaban J connectivity index is 1.96. The van der Waals surface area contributed by atoms with E-state index in [0.29, 0.717) is 16.8 Å². The first kappa shape index (κ1) is 17.6. The van der Waals surface area contributed by atoms with Gasteiger partial charge in [0.25, 0.3) is 11.7 Å². The summed E-state index contributed by atoms with van der Waals surface area (Å²) >= 11 is 0. The topological polar surface area (TPSA) is 70.5 Å². The molecule has 28 heavy (non-hydrogen) atoms. The van der Waals surface area contributed by atoms with E-state index < -0.39 is 23.5 Å². The Morgan fingerprint density at radius 2 is 1.79 bits per heavy atom. The minimum Gasteiger partial charge on any atom is -0.507 e. The second kappa shape index (κ2) is 7.08. The van der Waals surface area contributed by atoms with Crippen LogP contribution in [0.3, 0.4) is 0 Å². The number of carbonyl (C=O) groups excluding carboxylic acids is 2. The highest BCUT2D eigenvalue weighted by molar-refractivity contribution is 6.51. The van der Waals surface area contributed by atoms with Crippen LogP contribution in [-0.4, -0.2) is 21.8 Å². The fourth-order valence-corrected chi connectivity index (χ4v) is 3.34. The quantitative estimate of drug-likeness (QED) is 0.430. The minimum absolute atomic E-state index is 0.0920. The van der Waals surface area contributed by atoms with Gasteiger partial charge in [-0.2, -0.15) is 0 Å². The van der Waals surface area contributed by atoms with Crippen molar-refractivity contribution in [2.24, 2.45) is 0 Å². The Morgan fingerprint density at radius 3 is 2.46 bits per heavy atom. The summed E-state index contributed by atoms with van der Waals surface area (Å²) in [4.78, 5) is 30.9. The fraction of sp³-hybridized carbons (Fsp3) is 0.0455. The molecule has 4 rings (SSSR count). The van der Waals surface area contributed by atoms with Gasteiger partial charge in [-0.1, -0.05) is 42.5 Å². The molecule has 0 radical (unpaired) electrons. The summed E-state index contributed by atoms with van der Waals surface area (Å²) in [6, 6.07) is 16.4. The molecule has 3 aromatic rings. The lowest BCUT2D eigenvalue weighted by Gasteiger charge is -2.25. The molecule has 0 bridgehead atoms. The van der Waals surface area contributed by atoms with Gasteiger partial charge in [0.1, 0.15) is 11.6 Å². The SMILES string of the molecule is O=C1C(=O)N(c2cccnc2)[C@@H](c2cccc(F)c2)C1=C(O)c1ccccc1. The largest absolute Gasteiger partial charge is 0.507 e. The van der Waals surface area contributed by atoms with Crippen LogP contribution in [0, 0.1) is 5.82 Å². The number of aliphatic hydroxyl groups excluding tert-OH is 1. The third-order valence-electron chi connectivity index (χ3n) is 4.58. The number of ketones is 1. The molecule has 2 heterocycles. The molecule has 1 aromatic heterocycles. The van der Waals surface area contributed by atoms with E-state index in [1.807, 2.05) is 0 Å². The maximum absolute atomic E-state index is 13.9. The summed E-state index contributed by atoms with van der Waals surface area (Å²) in [5.41, 5.74) is 1.06. The van der Waals surface area contributed by atoms with Crippen LogP contribution in [0.1, 0.15) is 17.2 Å². The van der Waals surface area contributed by atoms with Crippen molar-refractivity contribution < 1.29 is 19.1 Å². The zero-order chi connectivity index (χ0) is 19.7. The number of amides is 1. The highest BCUT2D eigenvalue weighted by Gasteiger charge is 2.47. The summed E-state index contributed by atoms with van der Waals surface area (Å²) in [7, 11) is 0. The molecule has 1 fully saturated rings. The van der Waals surface area contributed by atoms with Crippen LogP contribution in [0.5, 0.6) is 0 Å². The third-order valence-corrected chi connectivity index (χ3v) is 4.58. The maximum atomic E-state index is 13.9. The number of anilines is 1. The van der Waals surface area contributed by atoms with Crippen LogP contribution in [0.4, 0.5) is 10.1 Å². The monoisotopic (exact) mass is 374 g/mol. The Hall–Kier alpha value is -3.80. The normalized spacial score (nSPS) is 18.5. The summed E-state index contributed by atoms with van der Waals surface area (Å²) in [6.45, 7) is 0. The van der Waals surface area contributed by atoms with Crippen LogP contribution in [-0.2, 0) is 9.59 Å². The van der Waals surface area contributed by atoms with Crippen molar-refractivity contribution in [1.82, 2.24) is 4.98 Å². The van der Waals surface area contributed by atoms with Crippen molar-refractivity contribution in [3.63, 3.8) is 0 Å². The second-order valence-corrected chi connectivity index (χ2v) is 6.30. The maximum Gasteiger partial charge on any atom is 0.300 e. The second-order valence-electron chi connectivity index (χ2n) is 6.30. The molecule has 0 spiro atoms. The zero-order valence-corrected chi connectivity index (χ0v) is 14.6. The van der Waals surface area contributed by atoms with Gasteiger partial charge in [0.2, 0.25) is 0 Å². The Morgan fingerprint density at radius 1 is 1.00 bits per heavy atom. The van der Waals surface area contributed by atoms with Crippen molar-refractivity contribution >= 4 is 23.1 Å². The fourth-order valence-electron chi connectivity index (χ4n) is 3.34. The van der Waals surface area contributed by atoms with Crippen molar-refractivity contribution in [2.75, 3.05) is 4.90 Å². The van der Waals surface area contributed by atoms with Gasteiger partial charge in [-0.05, 0) is 29.8 Å². The van der Waals surface area contributed by atoms with E-state index in [1.165, 1.54) is 29.3 Å². The lowest BCUT2D eigenvalue weighted by atomic mass is 9.95. The number of aliphatic hydroxyl groups is 1. The highest BCUT2D eigenvalue weighted by Crippen LogP contribution is 2.41. The molecule has 1 amide bonds. The van der Waals surface area contributed by atoms with E-state index in [-0.39, 0.29) is 11.3 Å². The highest BCUT2D eigenvalue weighted by atomic mass is 19.1. The Bertz CT molecular complexity index is 1080. The number of halogens is 1. The van der Waals surface area contributed by atoms with Gasteiger partial charge >= 0.3 is 0 Å². The van der Waals surface area contributed by atoms with E-state index in [0.717, 1.165) is 0 Å². The lowest BCUT2D eigenvalue weighted by molar-refractivity contribution is -0.132. The molecule has 0 unspecified atom stereocenters. The predicted molar refractivity (Wildman–Crippen MR) is 102 cm³/mol. The lowest BCUT2D eigenvalue weighted by Crippen LogP contribution is -2.29. The third kappa shape index (κ3) is 2.95. The van der Waals surface area contributed by atoms with Gasteiger partial charge in [-0.25, -0.2) is 4.39 Å². The molecule has 1 saturated heterocycles. The van der Waals surface area contributed by atoms with E-state index in [4.69, 9.17) is 0 Å². The van der Waals surface area contributed by atoms with Crippen LogP contribution in [0.2, 0.25) is 0 Å². The summed E-state index contributed by atoms with van der Waals surface area (Å²) in [5.74, 6) is -2.45. The van der Waals surface area contributed by atoms with E-state index in [2.05, 4.69) is 4.98 Å². The van der Waals surface area contributed by atoms with Gasteiger partial charge in [0.05, 0.1) is 23.5 Å². The first-order chi connectivity index (χ1) is 13.6. The number of carbonyl (C=O) groups is 2. The summed E-state index contributed by atoms with van der Waals surface area (Å²) in [5, 5.41) is 10.8. The van der Waals surface area contributed by atoms with E-state index in [1.54, 1.807) is 54.7 Å². The number of nitrogens with zero attached hydrogens (tertiary/aromatic N) is 2. The van der Waals surface area contributed by atoms with Crippen LogP contribution < -0.4 is 4.90 Å². The van der Waals surface area contributed by atoms with E-state index >= 15 is 0 Å². The minimum atomic E-state index is -0.972. The number of pyridine rings is 1. The van der Waals surface area contributed by atoms with Gasteiger partial charge in [0, 0.05) is 11.8 Å². The molecular weight excluding hydrogens is 359 g/mol. The molecule has 1 aliphatic heterocycles. The molecule has 0 saturated carbocycles. The number of rotatable bonds is 3. The first-order valence-corrected chi connectivity index (χ1v) is 8.60. The van der Waals surface area contributed by atoms with Crippen LogP contribution in [0.15, 0.2) is 84.7 Å². The van der Waals surface area contributed by atoms with Crippen LogP contribution >= 0.6 is 0 Å². The average molecular weight is 374 g/mol. The summed E-state index contributed by atoms with van der Waals surface area (Å²) < 4.78 is 13.9. The standard InChI is InChI=1S/C22H15FN2O3/c23-16-9-4-8-15(12-16)19-18(20(26)14-6-2-1-3-7-14)21(27)22(28)25(19)17-10-5-11-24-13-17/h1-13,19,26H/t19-/m0/s1. The first-order valence-electron chi connectivity index (χ1n) is 8.60. The number of Topliss-reactive ketones (excluding diaryl/α,β-unsaturated/α-hetero) is 1. The smallest absolute Gasteiger partial charge is 0.300 e.